The maximum Gasteiger partial charge on any atom is 0.0795 e. The van der Waals surface area contributed by atoms with E-state index in [-0.39, 0.29) is 0 Å². The minimum atomic E-state index is 0.914. The Morgan fingerprint density at radius 3 is 2.93 bits per heavy atom. The molecule has 2 heterocycles. The zero-order chi connectivity index (χ0) is 10.3. The fraction of sp³-hybridized carbons (Fsp3) is 0.727. The second kappa shape index (κ2) is 6.20. The summed E-state index contributed by atoms with van der Waals surface area (Å²) in [4.78, 5) is 6.80. The van der Waals surface area contributed by atoms with Crippen molar-refractivity contribution in [1.82, 2.24) is 15.2 Å². The van der Waals surface area contributed by atoms with Gasteiger partial charge in [-0.3, -0.25) is 0 Å². The highest BCUT2D eigenvalue weighted by atomic mass is 32.1. The van der Waals surface area contributed by atoms with Crippen molar-refractivity contribution in [3.05, 3.63) is 16.6 Å². The minimum absolute atomic E-state index is 0.914. The SMILES string of the molecule is c1nc(CNCCN2CCCCC2)cs1. The smallest absolute Gasteiger partial charge is 0.0795 e. The Hall–Kier alpha value is -0.450. The monoisotopic (exact) mass is 225 g/mol. The van der Waals surface area contributed by atoms with Crippen LogP contribution in [0.3, 0.4) is 0 Å². The number of thiazole rings is 1. The van der Waals surface area contributed by atoms with Crippen LogP contribution in [0.2, 0.25) is 0 Å². The van der Waals surface area contributed by atoms with Crippen molar-refractivity contribution in [1.29, 1.82) is 0 Å². The van der Waals surface area contributed by atoms with E-state index >= 15 is 0 Å². The molecule has 0 atom stereocenters. The van der Waals surface area contributed by atoms with Gasteiger partial charge in [0.05, 0.1) is 11.2 Å². The largest absolute Gasteiger partial charge is 0.310 e. The zero-order valence-corrected chi connectivity index (χ0v) is 9.93. The molecule has 84 valence electrons. The predicted molar refractivity (Wildman–Crippen MR) is 64.1 cm³/mol. The summed E-state index contributed by atoms with van der Waals surface area (Å²) < 4.78 is 0. The highest BCUT2D eigenvalue weighted by Crippen LogP contribution is 2.07. The summed E-state index contributed by atoms with van der Waals surface area (Å²) in [7, 11) is 0. The first-order valence-corrected chi connectivity index (χ1v) is 6.69. The van der Waals surface area contributed by atoms with Gasteiger partial charge in [-0.25, -0.2) is 4.98 Å². The van der Waals surface area contributed by atoms with Gasteiger partial charge < -0.3 is 10.2 Å². The highest BCUT2D eigenvalue weighted by Gasteiger charge is 2.08. The van der Waals surface area contributed by atoms with E-state index in [4.69, 9.17) is 0 Å². The van der Waals surface area contributed by atoms with E-state index < -0.39 is 0 Å². The molecule has 0 aliphatic carbocycles. The van der Waals surface area contributed by atoms with Crippen molar-refractivity contribution >= 4 is 11.3 Å². The van der Waals surface area contributed by atoms with Gasteiger partial charge in [-0.15, -0.1) is 11.3 Å². The van der Waals surface area contributed by atoms with Gasteiger partial charge in [0.15, 0.2) is 0 Å². The van der Waals surface area contributed by atoms with Crippen LogP contribution in [-0.4, -0.2) is 36.1 Å². The summed E-state index contributed by atoms with van der Waals surface area (Å²) in [6, 6.07) is 0. The first kappa shape index (κ1) is 11.0. The summed E-state index contributed by atoms with van der Waals surface area (Å²) >= 11 is 1.66. The summed E-state index contributed by atoms with van der Waals surface area (Å²) in [6.07, 6.45) is 4.18. The van der Waals surface area contributed by atoms with E-state index in [0.29, 0.717) is 0 Å². The van der Waals surface area contributed by atoms with Crippen molar-refractivity contribution in [2.45, 2.75) is 25.8 Å². The van der Waals surface area contributed by atoms with Gasteiger partial charge >= 0.3 is 0 Å². The van der Waals surface area contributed by atoms with Crippen LogP contribution in [0.25, 0.3) is 0 Å². The molecular weight excluding hydrogens is 206 g/mol. The number of rotatable bonds is 5. The molecule has 0 saturated carbocycles. The number of likely N-dealkylation sites (tertiary alicyclic amines) is 1. The molecule has 1 fully saturated rings. The second-order valence-corrected chi connectivity index (χ2v) is 4.78. The molecule has 2 rings (SSSR count). The fourth-order valence-corrected chi connectivity index (χ4v) is 2.52. The molecule has 3 nitrogen and oxygen atoms in total. The predicted octanol–water partition coefficient (Wildman–Crippen LogP) is 1.72. The van der Waals surface area contributed by atoms with Crippen molar-refractivity contribution in [3.8, 4) is 0 Å². The molecule has 0 spiro atoms. The van der Waals surface area contributed by atoms with Crippen molar-refractivity contribution in [2.75, 3.05) is 26.2 Å². The average Bonchev–Trinajstić information content (AvgIpc) is 2.79. The Morgan fingerprint density at radius 1 is 1.33 bits per heavy atom. The summed E-state index contributed by atoms with van der Waals surface area (Å²) in [5.74, 6) is 0. The third-order valence-electron chi connectivity index (χ3n) is 2.84. The van der Waals surface area contributed by atoms with E-state index in [1.807, 2.05) is 5.51 Å². The van der Waals surface area contributed by atoms with Crippen molar-refractivity contribution < 1.29 is 0 Å². The van der Waals surface area contributed by atoms with Gasteiger partial charge in [0.2, 0.25) is 0 Å². The van der Waals surface area contributed by atoms with Gasteiger partial charge in [0.25, 0.3) is 0 Å². The van der Waals surface area contributed by atoms with Crippen LogP contribution in [0.15, 0.2) is 10.9 Å². The van der Waals surface area contributed by atoms with Gasteiger partial charge in [0.1, 0.15) is 0 Å². The second-order valence-electron chi connectivity index (χ2n) is 4.06. The Kier molecular flexibility index (Phi) is 4.57. The number of nitrogens with one attached hydrogen (secondary N) is 1. The number of aromatic nitrogens is 1. The molecule has 0 amide bonds. The van der Waals surface area contributed by atoms with Crippen molar-refractivity contribution in [2.24, 2.45) is 0 Å². The van der Waals surface area contributed by atoms with Crippen LogP contribution >= 0.6 is 11.3 Å². The first-order valence-electron chi connectivity index (χ1n) is 5.75. The van der Waals surface area contributed by atoms with E-state index in [1.165, 1.54) is 44.6 Å². The third-order valence-corrected chi connectivity index (χ3v) is 3.48. The minimum Gasteiger partial charge on any atom is -0.310 e. The lowest BCUT2D eigenvalue weighted by molar-refractivity contribution is 0.229. The molecule has 0 aromatic carbocycles. The zero-order valence-electron chi connectivity index (χ0n) is 9.11. The van der Waals surface area contributed by atoms with E-state index in [2.05, 4.69) is 20.6 Å². The summed E-state index contributed by atoms with van der Waals surface area (Å²) in [5.41, 5.74) is 3.06. The Bertz CT molecular complexity index is 255. The molecule has 15 heavy (non-hydrogen) atoms. The molecule has 1 aliphatic rings. The normalized spacial score (nSPS) is 18.1. The lowest BCUT2D eigenvalue weighted by atomic mass is 10.1. The average molecular weight is 225 g/mol. The van der Waals surface area contributed by atoms with Gasteiger partial charge in [-0.05, 0) is 25.9 Å². The molecule has 1 aromatic heterocycles. The highest BCUT2D eigenvalue weighted by molar-refractivity contribution is 7.07. The lowest BCUT2D eigenvalue weighted by Crippen LogP contribution is -2.35. The number of hydrogen-bond acceptors (Lipinski definition) is 4. The lowest BCUT2D eigenvalue weighted by Gasteiger charge is -2.26. The number of piperidine rings is 1. The number of nitrogens with zero attached hydrogens (tertiary/aromatic N) is 2. The van der Waals surface area contributed by atoms with E-state index in [9.17, 15) is 0 Å². The Labute approximate surface area is 95.5 Å². The maximum absolute atomic E-state index is 4.24. The quantitative estimate of drug-likeness (QED) is 0.773. The summed E-state index contributed by atoms with van der Waals surface area (Å²) in [6.45, 7) is 5.76. The van der Waals surface area contributed by atoms with E-state index in [1.54, 1.807) is 11.3 Å². The fourth-order valence-electron chi connectivity index (χ4n) is 1.96. The van der Waals surface area contributed by atoms with Gasteiger partial charge in [0, 0.05) is 25.0 Å². The molecule has 1 aromatic rings. The molecule has 4 heteroatoms. The molecule has 1 saturated heterocycles. The maximum atomic E-state index is 4.24. The van der Waals surface area contributed by atoms with Crippen LogP contribution in [0.5, 0.6) is 0 Å². The molecule has 1 N–H and O–H groups in total. The first-order chi connectivity index (χ1) is 7.45. The molecule has 1 aliphatic heterocycles. The van der Waals surface area contributed by atoms with Gasteiger partial charge in [-0.2, -0.15) is 0 Å². The van der Waals surface area contributed by atoms with Gasteiger partial charge in [-0.1, -0.05) is 6.42 Å². The molecule has 0 bridgehead atoms. The molecular formula is C11H19N3S. The third kappa shape index (κ3) is 3.89. The topological polar surface area (TPSA) is 28.2 Å². The van der Waals surface area contributed by atoms with E-state index in [0.717, 1.165) is 13.1 Å². The van der Waals surface area contributed by atoms with Crippen LogP contribution in [0, 0.1) is 0 Å². The summed E-state index contributed by atoms with van der Waals surface area (Å²) in [5, 5.41) is 5.54. The Morgan fingerprint density at radius 2 is 2.20 bits per heavy atom. The molecule has 0 radical (unpaired) electrons. The van der Waals surface area contributed by atoms with Crippen molar-refractivity contribution in [3.63, 3.8) is 0 Å². The van der Waals surface area contributed by atoms with Crippen LogP contribution in [0.1, 0.15) is 25.0 Å². The van der Waals surface area contributed by atoms with Crippen LogP contribution in [-0.2, 0) is 6.54 Å². The Balaban J connectivity index is 1.54. The number of hydrogen-bond donors (Lipinski definition) is 1. The standard InChI is InChI=1S/C11H19N3S/c1-2-5-14(6-3-1)7-4-12-8-11-9-15-10-13-11/h9-10,12H,1-8H2. The van der Waals surface area contributed by atoms with Crippen LogP contribution < -0.4 is 5.32 Å². The molecule has 0 unspecified atom stereocenters. The van der Waals surface area contributed by atoms with Crippen LogP contribution in [0.4, 0.5) is 0 Å².